The molecule has 0 spiro atoms. The van der Waals surface area contributed by atoms with Crippen molar-refractivity contribution in [2.75, 3.05) is 17.7 Å². The minimum absolute atomic E-state index is 0.0224. The summed E-state index contributed by atoms with van der Waals surface area (Å²) in [7, 11) is 0. The Bertz CT molecular complexity index is 767. The Kier molecular flexibility index (Phi) is 6.41. The summed E-state index contributed by atoms with van der Waals surface area (Å²) in [4.78, 5) is 24.1. The number of nitriles is 1. The third-order valence-corrected chi connectivity index (χ3v) is 4.02. The van der Waals surface area contributed by atoms with Crippen LogP contribution in [-0.4, -0.2) is 24.1 Å². The molecular formula is C18H16N2O3S. The standard InChI is InChI=1S/C18H16N2O3S/c1-13(21)14-6-8-15(9-7-14)23-12-18(22)20-16-4-2-3-5-17(16)24-11-10-19/h2-9H,11-12H2,1H3,(H,20,22). The maximum atomic E-state index is 12.0. The SMILES string of the molecule is CC(=O)c1ccc(OCC(=O)Nc2ccccc2SCC#N)cc1. The van der Waals surface area contributed by atoms with Crippen molar-refractivity contribution in [3.63, 3.8) is 0 Å². The van der Waals surface area contributed by atoms with Gasteiger partial charge in [-0.1, -0.05) is 12.1 Å². The number of anilines is 1. The molecule has 0 aliphatic rings. The van der Waals surface area contributed by atoms with Crippen molar-refractivity contribution in [3.05, 3.63) is 54.1 Å². The van der Waals surface area contributed by atoms with Crippen LogP contribution in [0.5, 0.6) is 5.75 Å². The van der Waals surface area contributed by atoms with Crippen LogP contribution in [0.2, 0.25) is 0 Å². The van der Waals surface area contributed by atoms with E-state index in [1.54, 1.807) is 30.3 Å². The van der Waals surface area contributed by atoms with Crippen molar-refractivity contribution >= 4 is 29.1 Å². The Morgan fingerprint density at radius 1 is 1.17 bits per heavy atom. The second-order valence-electron chi connectivity index (χ2n) is 4.86. The molecular weight excluding hydrogens is 324 g/mol. The quantitative estimate of drug-likeness (QED) is 0.616. The first-order chi connectivity index (χ1) is 11.6. The van der Waals surface area contributed by atoms with E-state index in [2.05, 4.69) is 11.4 Å². The summed E-state index contributed by atoms with van der Waals surface area (Å²) in [5.74, 6) is 0.509. The number of ketones is 1. The number of carbonyl (C=O) groups is 2. The average molecular weight is 340 g/mol. The maximum absolute atomic E-state index is 12.0. The van der Waals surface area contributed by atoms with E-state index in [1.807, 2.05) is 18.2 Å². The van der Waals surface area contributed by atoms with Crippen molar-refractivity contribution < 1.29 is 14.3 Å². The zero-order valence-electron chi connectivity index (χ0n) is 13.1. The molecule has 0 aliphatic carbocycles. The van der Waals surface area contributed by atoms with Gasteiger partial charge in [-0.25, -0.2) is 0 Å². The lowest BCUT2D eigenvalue weighted by Gasteiger charge is -2.10. The summed E-state index contributed by atoms with van der Waals surface area (Å²) in [5.41, 5.74) is 1.24. The lowest BCUT2D eigenvalue weighted by Crippen LogP contribution is -2.20. The van der Waals surface area contributed by atoms with E-state index in [-0.39, 0.29) is 18.3 Å². The van der Waals surface area contributed by atoms with Gasteiger partial charge in [0.2, 0.25) is 0 Å². The van der Waals surface area contributed by atoms with E-state index in [1.165, 1.54) is 18.7 Å². The van der Waals surface area contributed by atoms with Crippen LogP contribution in [0.25, 0.3) is 0 Å². The van der Waals surface area contributed by atoms with Crippen LogP contribution < -0.4 is 10.1 Å². The fourth-order valence-electron chi connectivity index (χ4n) is 1.93. The van der Waals surface area contributed by atoms with E-state index in [0.717, 1.165) is 4.90 Å². The van der Waals surface area contributed by atoms with E-state index < -0.39 is 0 Å². The normalized spacial score (nSPS) is 9.83. The molecule has 24 heavy (non-hydrogen) atoms. The maximum Gasteiger partial charge on any atom is 0.262 e. The summed E-state index contributed by atoms with van der Waals surface area (Å²) in [6, 6.07) is 16.0. The molecule has 0 atom stereocenters. The van der Waals surface area contributed by atoms with Crippen LogP contribution >= 0.6 is 11.8 Å². The van der Waals surface area contributed by atoms with E-state index in [0.29, 0.717) is 22.8 Å². The first kappa shape index (κ1) is 17.6. The van der Waals surface area contributed by atoms with Gasteiger partial charge in [0.05, 0.1) is 17.5 Å². The highest BCUT2D eigenvalue weighted by atomic mass is 32.2. The second-order valence-corrected chi connectivity index (χ2v) is 5.88. The van der Waals surface area contributed by atoms with Crippen LogP contribution in [-0.2, 0) is 4.79 Å². The van der Waals surface area contributed by atoms with Crippen molar-refractivity contribution in [1.82, 2.24) is 0 Å². The Hall–Kier alpha value is -2.78. The van der Waals surface area contributed by atoms with Gasteiger partial charge in [-0.3, -0.25) is 9.59 Å². The van der Waals surface area contributed by atoms with Crippen LogP contribution in [0, 0.1) is 11.3 Å². The number of nitrogens with one attached hydrogen (secondary N) is 1. The highest BCUT2D eigenvalue weighted by Gasteiger charge is 2.08. The van der Waals surface area contributed by atoms with Gasteiger partial charge >= 0.3 is 0 Å². The van der Waals surface area contributed by atoms with Crippen LogP contribution in [0.1, 0.15) is 17.3 Å². The van der Waals surface area contributed by atoms with Gasteiger partial charge < -0.3 is 10.1 Å². The lowest BCUT2D eigenvalue weighted by molar-refractivity contribution is -0.118. The monoisotopic (exact) mass is 340 g/mol. The zero-order valence-corrected chi connectivity index (χ0v) is 13.9. The predicted molar refractivity (Wildman–Crippen MR) is 93.4 cm³/mol. The Morgan fingerprint density at radius 3 is 2.54 bits per heavy atom. The number of benzene rings is 2. The fraction of sp³-hybridized carbons (Fsp3) is 0.167. The number of hydrogen-bond donors (Lipinski definition) is 1. The molecule has 0 saturated heterocycles. The first-order valence-corrected chi connectivity index (χ1v) is 8.21. The molecule has 2 aromatic rings. The number of Topliss-reactive ketones (excluding diaryl/α,β-unsaturated/α-hetero) is 1. The molecule has 1 N–H and O–H groups in total. The average Bonchev–Trinajstić information content (AvgIpc) is 2.59. The number of rotatable bonds is 7. The first-order valence-electron chi connectivity index (χ1n) is 7.22. The highest BCUT2D eigenvalue weighted by molar-refractivity contribution is 7.99. The lowest BCUT2D eigenvalue weighted by atomic mass is 10.1. The predicted octanol–water partition coefficient (Wildman–Crippen LogP) is 3.52. The van der Waals surface area contributed by atoms with Crippen LogP contribution in [0.3, 0.4) is 0 Å². The molecule has 122 valence electrons. The smallest absolute Gasteiger partial charge is 0.262 e. The molecule has 0 radical (unpaired) electrons. The van der Waals surface area contributed by atoms with Crippen molar-refractivity contribution in [2.24, 2.45) is 0 Å². The Labute approximate surface area is 144 Å². The zero-order chi connectivity index (χ0) is 17.4. The molecule has 0 heterocycles. The van der Waals surface area contributed by atoms with Crippen LogP contribution in [0.4, 0.5) is 5.69 Å². The summed E-state index contributed by atoms with van der Waals surface area (Å²) < 4.78 is 5.41. The third-order valence-electron chi connectivity index (χ3n) is 3.08. The van der Waals surface area contributed by atoms with E-state index in [4.69, 9.17) is 10.00 Å². The molecule has 1 amide bonds. The number of amides is 1. The van der Waals surface area contributed by atoms with Gasteiger partial charge in [-0.2, -0.15) is 5.26 Å². The van der Waals surface area contributed by atoms with Gasteiger partial charge in [0, 0.05) is 10.5 Å². The van der Waals surface area contributed by atoms with Crippen molar-refractivity contribution in [1.29, 1.82) is 5.26 Å². The van der Waals surface area contributed by atoms with Gasteiger partial charge in [-0.05, 0) is 43.3 Å². The van der Waals surface area contributed by atoms with Gasteiger partial charge in [-0.15, -0.1) is 11.8 Å². The minimum Gasteiger partial charge on any atom is -0.484 e. The second kappa shape index (κ2) is 8.75. The molecule has 0 saturated carbocycles. The molecule has 0 fully saturated rings. The Morgan fingerprint density at radius 2 is 1.88 bits per heavy atom. The number of ether oxygens (including phenoxy) is 1. The summed E-state index contributed by atoms with van der Waals surface area (Å²) in [6.45, 7) is 1.35. The molecule has 6 heteroatoms. The largest absolute Gasteiger partial charge is 0.484 e. The summed E-state index contributed by atoms with van der Waals surface area (Å²) >= 11 is 1.36. The topological polar surface area (TPSA) is 79.2 Å². The van der Waals surface area contributed by atoms with Gasteiger partial charge in [0.15, 0.2) is 12.4 Å². The number of para-hydroxylation sites is 1. The molecule has 2 aromatic carbocycles. The highest BCUT2D eigenvalue weighted by Crippen LogP contribution is 2.26. The van der Waals surface area contributed by atoms with Gasteiger partial charge in [0.1, 0.15) is 5.75 Å². The third kappa shape index (κ3) is 5.14. The molecule has 0 aromatic heterocycles. The minimum atomic E-state index is -0.296. The number of thioether (sulfide) groups is 1. The number of hydrogen-bond acceptors (Lipinski definition) is 5. The molecule has 0 unspecified atom stereocenters. The van der Waals surface area contributed by atoms with Crippen LogP contribution in [0.15, 0.2) is 53.4 Å². The fourth-order valence-corrected chi connectivity index (χ4v) is 2.60. The summed E-state index contributed by atoms with van der Waals surface area (Å²) in [5, 5.41) is 11.4. The van der Waals surface area contributed by atoms with Crippen molar-refractivity contribution in [2.45, 2.75) is 11.8 Å². The van der Waals surface area contributed by atoms with E-state index >= 15 is 0 Å². The molecule has 0 bridgehead atoms. The molecule has 2 rings (SSSR count). The molecule has 5 nitrogen and oxygen atoms in total. The molecule has 0 aliphatic heterocycles. The summed E-state index contributed by atoms with van der Waals surface area (Å²) in [6.07, 6.45) is 0. The van der Waals surface area contributed by atoms with Crippen molar-refractivity contribution in [3.8, 4) is 11.8 Å². The number of carbonyl (C=O) groups excluding carboxylic acids is 2. The number of nitrogens with zero attached hydrogens (tertiary/aromatic N) is 1. The van der Waals surface area contributed by atoms with E-state index in [9.17, 15) is 9.59 Å². The Balaban J connectivity index is 1.92. The van der Waals surface area contributed by atoms with Gasteiger partial charge in [0.25, 0.3) is 5.91 Å².